The van der Waals surface area contributed by atoms with Crippen LogP contribution in [0.15, 0.2) is 6.33 Å². The van der Waals surface area contributed by atoms with Crippen molar-refractivity contribution in [2.45, 2.75) is 26.3 Å². The Morgan fingerprint density at radius 1 is 1.41 bits per heavy atom. The second-order valence-electron chi connectivity index (χ2n) is 3.94. The third-order valence-electron chi connectivity index (χ3n) is 2.40. The van der Waals surface area contributed by atoms with E-state index in [1.165, 1.54) is 6.33 Å². The Hall–Kier alpha value is -1.17. The molecule has 2 atom stereocenters. The van der Waals surface area contributed by atoms with Crippen molar-refractivity contribution in [3.63, 3.8) is 0 Å². The van der Waals surface area contributed by atoms with Crippen LogP contribution in [0.25, 0.3) is 0 Å². The van der Waals surface area contributed by atoms with Gasteiger partial charge in [0.1, 0.15) is 18.0 Å². The minimum Gasteiger partial charge on any atom is -0.373 e. The molecular weight excluding hydrogens is 236 g/mol. The van der Waals surface area contributed by atoms with Crippen molar-refractivity contribution in [2.75, 3.05) is 29.7 Å². The molecule has 2 N–H and O–H groups in total. The summed E-state index contributed by atoms with van der Waals surface area (Å²) in [5, 5.41) is 6.33. The molecule has 96 valence electrons. The number of aromatic nitrogens is 2. The molecular formula is C11H20N4OS. The first-order valence-corrected chi connectivity index (χ1v) is 7.39. The Morgan fingerprint density at radius 2 is 2.06 bits per heavy atom. The molecule has 5 nitrogen and oxygen atoms in total. The summed E-state index contributed by atoms with van der Waals surface area (Å²) >= 11 is 0. The molecule has 0 spiro atoms. The summed E-state index contributed by atoms with van der Waals surface area (Å²) < 4.78 is 11.1. The summed E-state index contributed by atoms with van der Waals surface area (Å²) in [5.41, 5.74) is 1.06. The number of anilines is 2. The third-order valence-corrected chi connectivity index (χ3v) is 3.37. The van der Waals surface area contributed by atoms with Crippen LogP contribution in [0.4, 0.5) is 11.6 Å². The third kappa shape index (κ3) is 3.96. The molecule has 1 heterocycles. The molecule has 2 unspecified atom stereocenters. The van der Waals surface area contributed by atoms with Gasteiger partial charge in [-0.15, -0.1) is 0 Å². The molecule has 17 heavy (non-hydrogen) atoms. The molecule has 0 aliphatic heterocycles. The Labute approximate surface area is 105 Å². The maximum Gasteiger partial charge on any atom is 0.134 e. The monoisotopic (exact) mass is 256 g/mol. The van der Waals surface area contributed by atoms with Gasteiger partial charge in [0.2, 0.25) is 0 Å². The fourth-order valence-electron chi connectivity index (χ4n) is 1.71. The van der Waals surface area contributed by atoms with E-state index in [9.17, 15) is 4.21 Å². The van der Waals surface area contributed by atoms with Crippen molar-refractivity contribution < 1.29 is 4.21 Å². The van der Waals surface area contributed by atoms with Gasteiger partial charge in [-0.25, -0.2) is 9.97 Å². The maximum absolute atomic E-state index is 11.1. The van der Waals surface area contributed by atoms with E-state index in [1.807, 2.05) is 14.0 Å². The maximum atomic E-state index is 11.1. The fraction of sp³-hybridized carbons (Fsp3) is 0.636. The predicted octanol–water partition coefficient (Wildman–Crippen LogP) is 1.26. The van der Waals surface area contributed by atoms with Gasteiger partial charge in [0.05, 0.1) is 0 Å². The standard InChI is InChI=1S/C11H20N4OS/c1-5-9-10(12-3)13-7-14-11(9)15-8(2)6-17(4)16/h7-8H,5-6H2,1-4H3,(H2,12,13,14,15). The largest absolute Gasteiger partial charge is 0.373 e. The van der Waals surface area contributed by atoms with Crippen LogP contribution < -0.4 is 10.6 Å². The number of nitrogens with zero attached hydrogens (tertiary/aromatic N) is 2. The summed E-state index contributed by atoms with van der Waals surface area (Å²) in [7, 11) is 1.04. The van der Waals surface area contributed by atoms with Crippen LogP contribution >= 0.6 is 0 Å². The molecule has 0 saturated heterocycles. The van der Waals surface area contributed by atoms with Crippen LogP contribution in [0, 0.1) is 0 Å². The Kier molecular flexibility index (Phi) is 5.34. The van der Waals surface area contributed by atoms with E-state index >= 15 is 0 Å². The van der Waals surface area contributed by atoms with E-state index in [-0.39, 0.29) is 6.04 Å². The van der Waals surface area contributed by atoms with Crippen molar-refractivity contribution in [2.24, 2.45) is 0 Å². The zero-order valence-electron chi connectivity index (χ0n) is 10.8. The topological polar surface area (TPSA) is 66.9 Å². The van der Waals surface area contributed by atoms with Crippen molar-refractivity contribution in [3.8, 4) is 0 Å². The van der Waals surface area contributed by atoms with Crippen molar-refractivity contribution in [1.82, 2.24) is 9.97 Å². The van der Waals surface area contributed by atoms with Crippen LogP contribution in [-0.2, 0) is 17.2 Å². The number of hydrogen-bond donors (Lipinski definition) is 2. The molecule has 0 amide bonds. The van der Waals surface area contributed by atoms with Crippen molar-refractivity contribution in [3.05, 3.63) is 11.9 Å². The van der Waals surface area contributed by atoms with E-state index in [0.717, 1.165) is 23.6 Å². The Bertz CT molecular complexity index is 397. The number of nitrogens with one attached hydrogen (secondary N) is 2. The minimum atomic E-state index is -0.807. The van der Waals surface area contributed by atoms with Crippen LogP contribution in [0.5, 0.6) is 0 Å². The number of hydrogen-bond acceptors (Lipinski definition) is 5. The van der Waals surface area contributed by atoms with E-state index in [1.54, 1.807) is 6.26 Å². The highest BCUT2D eigenvalue weighted by molar-refractivity contribution is 7.84. The second-order valence-corrected chi connectivity index (χ2v) is 5.42. The molecule has 1 aromatic rings. The van der Waals surface area contributed by atoms with Crippen molar-refractivity contribution in [1.29, 1.82) is 0 Å². The molecule has 0 saturated carbocycles. The average Bonchev–Trinajstić information content (AvgIpc) is 2.27. The first-order chi connectivity index (χ1) is 8.08. The van der Waals surface area contributed by atoms with Crippen LogP contribution in [0.1, 0.15) is 19.4 Å². The summed E-state index contributed by atoms with van der Waals surface area (Å²) in [6.45, 7) is 4.06. The Morgan fingerprint density at radius 3 is 2.59 bits per heavy atom. The summed E-state index contributed by atoms with van der Waals surface area (Å²) in [5.74, 6) is 2.28. The van der Waals surface area contributed by atoms with Crippen LogP contribution in [0.2, 0.25) is 0 Å². The molecule has 1 aromatic heterocycles. The minimum absolute atomic E-state index is 0.130. The Balaban J connectivity index is 2.86. The summed E-state index contributed by atoms with van der Waals surface area (Å²) in [6, 6.07) is 0.130. The van der Waals surface area contributed by atoms with Crippen molar-refractivity contribution >= 4 is 22.4 Å². The molecule has 0 bridgehead atoms. The van der Waals surface area contributed by atoms with E-state index in [4.69, 9.17) is 0 Å². The average molecular weight is 256 g/mol. The SMILES string of the molecule is CCc1c(NC)ncnc1NC(C)CS(C)=O. The molecule has 6 heteroatoms. The lowest BCUT2D eigenvalue weighted by Crippen LogP contribution is -2.24. The van der Waals surface area contributed by atoms with Gasteiger partial charge in [-0.05, 0) is 13.3 Å². The van der Waals surface area contributed by atoms with Gasteiger partial charge in [0.15, 0.2) is 0 Å². The first-order valence-electron chi connectivity index (χ1n) is 5.66. The highest BCUT2D eigenvalue weighted by Crippen LogP contribution is 2.20. The van der Waals surface area contributed by atoms with E-state index < -0.39 is 10.8 Å². The molecule has 0 aliphatic rings. The van der Waals surface area contributed by atoms with Crippen LogP contribution in [-0.4, -0.2) is 39.3 Å². The lowest BCUT2D eigenvalue weighted by molar-refractivity contribution is 0.682. The smallest absolute Gasteiger partial charge is 0.134 e. The number of rotatable bonds is 6. The highest BCUT2D eigenvalue weighted by atomic mass is 32.2. The molecule has 0 aromatic carbocycles. The van der Waals surface area contributed by atoms with Gasteiger partial charge in [0, 0.05) is 41.5 Å². The fourth-order valence-corrected chi connectivity index (χ4v) is 2.50. The highest BCUT2D eigenvalue weighted by Gasteiger charge is 2.11. The molecule has 0 radical (unpaired) electrons. The normalized spacial score (nSPS) is 14.1. The zero-order valence-corrected chi connectivity index (χ0v) is 11.6. The lowest BCUT2D eigenvalue weighted by Gasteiger charge is -2.17. The van der Waals surface area contributed by atoms with E-state index in [2.05, 4.69) is 27.5 Å². The summed E-state index contributed by atoms with van der Waals surface area (Å²) in [4.78, 5) is 8.42. The lowest BCUT2D eigenvalue weighted by atomic mass is 10.2. The van der Waals surface area contributed by atoms with Gasteiger partial charge in [-0.3, -0.25) is 4.21 Å². The van der Waals surface area contributed by atoms with Gasteiger partial charge < -0.3 is 10.6 Å². The summed E-state index contributed by atoms with van der Waals surface area (Å²) in [6.07, 6.45) is 4.09. The van der Waals surface area contributed by atoms with Gasteiger partial charge in [0.25, 0.3) is 0 Å². The first kappa shape index (κ1) is 13.9. The quantitative estimate of drug-likeness (QED) is 0.802. The zero-order chi connectivity index (χ0) is 12.8. The van der Waals surface area contributed by atoms with Crippen LogP contribution in [0.3, 0.4) is 0 Å². The predicted molar refractivity (Wildman–Crippen MR) is 73.0 cm³/mol. The molecule has 0 fully saturated rings. The second kappa shape index (κ2) is 6.54. The van der Waals surface area contributed by atoms with Gasteiger partial charge in [-0.1, -0.05) is 6.92 Å². The van der Waals surface area contributed by atoms with Gasteiger partial charge >= 0.3 is 0 Å². The van der Waals surface area contributed by atoms with E-state index in [0.29, 0.717) is 5.75 Å². The molecule has 0 aliphatic carbocycles. The van der Waals surface area contributed by atoms with Gasteiger partial charge in [-0.2, -0.15) is 0 Å². The molecule has 1 rings (SSSR count).